The number of thiazole rings is 1. The highest BCUT2D eigenvalue weighted by atomic mass is 35.5. The molecule has 142 valence electrons. The third-order valence-electron chi connectivity index (χ3n) is 4.43. The van der Waals surface area contributed by atoms with Crippen LogP contribution in [0.2, 0.25) is 10.0 Å². The Morgan fingerprint density at radius 1 is 1.14 bits per heavy atom. The van der Waals surface area contributed by atoms with Gasteiger partial charge in [0, 0.05) is 24.2 Å². The smallest absolute Gasteiger partial charge is 0.280 e. The van der Waals surface area contributed by atoms with E-state index in [-0.39, 0.29) is 5.91 Å². The summed E-state index contributed by atoms with van der Waals surface area (Å²) >= 11 is 14.0. The lowest BCUT2D eigenvalue weighted by Gasteiger charge is -2.06. The molecule has 0 saturated carbocycles. The molecule has 0 radical (unpaired) electrons. The summed E-state index contributed by atoms with van der Waals surface area (Å²) in [7, 11) is 1.63. The largest absolute Gasteiger partial charge is 0.383 e. The number of hydrogen-bond acceptors (Lipinski definition) is 3. The van der Waals surface area contributed by atoms with Crippen LogP contribution in [0.15, 0.2) is 59.6 Å². The second kappa shape index (κ2) is 8.05. The summed E-state index contributed by atoms with van der Waals surface area (Å²) < 4.78 is 8.00. The molecule has 0 N–H and O–H groups in total. The van der Waals surface area contributed by atoms with Crippen molar-refractivity contribution in [1.82, 2.24) is 4.57 Å². The highest BCUT2D eigenvalue weighted by molar-refractivity contribution is 7.16. The second-order valence-corrected chi connectivity index (χ2v) is 8.06. The summed E-state index contributed by atoms with van der Waals surface area (Å²) in [6, 6.07) is 16.9. The number of fused-ring (bicyclic) bond motifs is 2. The molecular formula is C21H16Cl2N2O2S. The van der Waals surface area contributed by atoms with Gasteiger partial charge in [-0.25, -0.2) is 0 Å². The van der Waals surface area contributed by atoms with Gasteiger partial charge in [-0.05, 0) is 29.0 Å². The monoisotopic (exact) mass is 430 g/mol. The molecule has 7 heteroatoms. The SMILES string of the molecule is COCCn1c(=NC(=O)c2cccc3ccccc23)sc2cc(Cl)cc(Cl)c21. The average Bonchev–Trinajstić information content (AvgIpc) is 3.02. The van der Waals surface area contributed by atoms with Gasteiger partial charge in [-0.3, -0.25) is 4.79 Å². The average molecular weight is 431 g/mol. The first-order valence-electron chi connectivity index (χ1n) is 8.62. The van der Waals surface area contributed by atoms with Crippen molar-refractivity contribution in [3.8, 4) is 0 Å². The van der Waals surface area contributed by atoms with Crippen LogP contribution in [0.25, 0.3) is 21.0 Å². The molecule has 0 aliphatic carbocycles. The molecule has 0 atom stereocenters. The number of carbonyl (C=O) groups excluding carboxylic acids is 1. The van der Waals surface area contributed by atoms with Crippen LogP contribution in [-0.4, -0.2) is 24.2 Å². The van der Waals surface area contributed by atoms with Gasteiger partial charge in [-0.2, -0.15) is 4.99 Å². The zero-order chi connectivity index (χ0) is 19.7. The van der Waals surface area contributed by atoms with Gasteiger partial charge >= 0.3 is 0 Å². The molecule has 0 bridgehead atoms. The van der Waals surface area contributed by atoms with E-state index in [0.717, 1.165) is 21.0 Å². The van der Waals surface area contributed by atoms with Crippen molar-refractivity contribution >= 4 is 61.4 Å². The highest BCUT2D eigenvalue weighted by Crippen LogP contribution is 2.30. The number of benzene rings is 3. The van der Waals surface area contributed by atoms with E-state index in [2.05, 4.69) is 4.99 Å². The summed E-state index contributed by atoms with van der Waals surface area (Å²) in [5.74, 6) is -0.295. The van der Waals surface area contributed by atoms with Crippen molar-refractivity contribution < 1.29 is 9.53 Å². The van der Waals surface area contributed by atoms with Crippen molar-refractivity contribution in [2.75, 3.05) is 13.7 Å². The molecule has 4 nitrogen and oxygen atoms in total. The maximum Gasteiger partial charge on any atom is 0.280 e. The van der Waals surface area contributed by atoms with Gasteiger partial charge in [0.15, 0.2) is 4.80 Å². The summed E-state index contributed by atoms with van der Waals surface area (Å²) in [4.78, 5) is 18.0. The van der Waals surface area contributed by atoms with Crippen LogP contribution >= 0.6 is 34.5 Å². The molecule has 4 rings (SSSR count). The molecule has 0 aliphatic rings. The fourth-order valence-corrected chi connectivity index (χ4v) is 5.00. The molecule has 0 spiro atoms. The van der Waals surface area contributed by atoms with Crippen molar-refractivity contribution in [3.63, 3.8) is 0 Å². The Morgan fingerprint density at radius 3 is 2.75 bits per heavy atom. The van der Waals surface area contributed by atoms with Gasteiger partial charge in [-0.15, -0.1) is 0 Å². The van der Waals surface area contributed by atoms with Crippen molar-refractivity contribution in [2.24, 2.45) is 4.99 Å². The maximum absolute atomic E-state index is 13.0. The molecule has 1 heterocycles. The zero-order valence-corrected chi connectivity index (χ0v) is 17.3. The van der Waals surface area contributed by atoms with Gasteiger partial charge < -0.3 is 9.30 Å². The number of halogens is 2. The van der Waals surface area contributed by atoms with Gasteiger partial charge in [-0.1, -0.05) is 70.9 Å². The first-order chi connectivity index (χ1) is 13.6. The van der Waals surface area contributed by atoms with Crippen LogP contribution in [0.3, 0.4) is 0 Å². The summed E-state index contributed by atoms with van der Waals surface area (Å²) in [5.41, 5.74) is 1.37. The lowest BCUT2D eigenvalue weighted by molar-refractivity contribution is 0.0999. The molecule has 0 aliphatic heterocycles. The molecule has 1 aromatic heterocycles. The van der Waals surface area contributed by atoms with Crippen LogP contribution in [0, 0.1) is 0 Å². The van der Waals surface area contributed by atoms with Gasteiger partial charge in [0.1, 0.15) is 0 Å². The molecule has 4 aromatic rings. The number of methoxy groups -OCH3 is 1. The molecule has 3 aromatic carbocycles. The van der Waals surface area contributed by atoms with Crippen molar-refractivity contribution in [1.29, 1.82) is 0 Å². The van der Waals surface area contributed by atoms with E-state index in [1.54, 1.807) is 19.2 Å². The quantitative estimate of drug-likeness (QED) is 0.425. The van der Waals surface area contributed by atoms with Crippen LogP contribution in [0.1, 0.15) is 10.4 Å². The van der Waals surface area contributed by atoms with E-state index in [0.29, 0.717) is 33.6 Å². The maximum atomic E-state index is 13.0. The van der Waals surface area contributed by atoms with Crippen LogP contribution in [0.5, 0.6) is 0 Å². The number of hydrogen-bond donors (Lipinski definition) is 0. The fourth-order valence-electron chi connectivity index (χ4n) is 3.16. The van der Waals surface area contributed by atoms with Crippen LogP contribution in [0.4, 0.5) is 0 Å². The summed E-state index contributed by atoms with van der Waals surface area (Å²) in [6.45, 7) is 1.000. The predicted octanol–water partition coefficient (Wildman–Crippen LogP) is 5.55. The normalized spacial score (nSPS) is 12.2. The van der Waals surface area contributed by atoms with Gasteiger partial charge in [0.2, 0.25) is 0 Å². The van der Waals surface area contributed by atoms with E-state index in [1.807, 2.05) is 47.0 Å². The van der Waals surface area contributed by atoms with Crippen LogP contribution in [-0.2, 0) is 11.3 Å². The highest BCUT2D eigenvalue weighted by Gasteiger charge is 2.14. The number of ether oxygens (including phenoxy) is 1. The van der Waals surface area contributed by atoms with Crippen molar-refractivity contribution in [3.05, 3.63) is 75.0 Å². The van der Waals surface area contributed by atoms with E-state index < -0.39 is 0 Å². The Morgan fingerprint density at radius 2 is 1.93 bits per heavy atom. The van der Waals surface area contributed by atoms with E-state index in [9.17, 15) is 4.79 Å². The Hall–Kier alpha value is -2.18. The standard InChI is InChI=1S/C21H16Cl2N2O2S/c1-27-10-9-25-19-17(23)11-14(22)12-18(19)28-21(25)24-20(26)16-8-4-6-13-5-2-3-7-15(13)16/h2-8,11-12H,9-10H2,1H3. The molecule has 1 amide bonds. The van der Waals surface area contributed by atoms with Crippen LogP contribution < -0.4 is 4.80 Å². The first-order valence-corrected chi connectivity index (χ1v) is 10.2. The van der Waals surface area contributed by atoms with Gasteiger partial charge in [0.05, 0.1) is 21.8 Å². The van der Waals surface area contributed by atoms with Gasteiger partial charge in [0.25, 0.3) is 5.91 Å². The van der Waals surface area contributed by atoms with E-state index in [1.165, 1.54) is 11.3 Å². The third-order valence-corrected chi connectivity index (χ3v) is 5.96. The number of aromatic nitrogens is 1. The molecular weight excluding hydrogens is 415 g/mol. The minimum atomic E-state index is -0.295. The zero-order valence-electron chi connectivity index (χ0n) is 15.0. The number of amides is 1. The third kappa shape index (κ3) is 3.59. The Balaban J connectivity index is 1.91. The first kappa shape index (κ1) is 19.2. The molecule has 28 heavy (non-hydrogen) atoms. The topological polar surface area (TPSA) is 43.6 Å². The number of rotatable bonds is 4. The molecule has 0 saturated heterocycles. The Labute approximate surface area is 175 Å². The lowest BCUT2D eigenvalue weighted by atomic mass is 10.0. The lowest BCUT2D eigenvalue weighted by Crippen LogP contribution is -2.19. The van der Waals surface area contributed by atoms with E-state index >= 15 is 0 Å². The minimum Gasteiger partial charge on any atom is -0.383 e. The van der Waals surface area contributed by atoms with E-state index in [4.69, 9.17) is 27.9 Å². The fraction of sp³-hybridized carbons (Fsp3) is 0.143. The summed E-state index contributed by atoms with van der Waals surface area (Å²) in [5, 5.41) is 2.95. The molecule has 0 unspecified atom stereocenters. The molecule has 0 fully saturated rings. The minimum absolute atomic E-state index is 0.295. The number of carbonyl (C=O) groups is 1. The predicted molar refractivity (Wildman–Crippen MR) is 116 cm³/mol. The Kier molecular flexibility index (Phi) is 5.51. The summed E-state index contributed by atoms with van der Waals surface area (Å²) in [6.07, 6.45) is 0. The second-order valence-electron chi connectivity index (χ2n) is 6.21. The number of nitrogens with zero attached hydrogens (tertiary/aromatic N) is 2. The van der Waals surface area contributed by atoms with Crippen molar-refractivity contribution in [2.45, 2.75) is 6.54 Å². The Bertz CT molecular complexity index is 1260.